The van der Waals surface area contributed by atoms with Gasteiger partial charge >= 0.3 is 19.7 Å². The summed E-state index contributed by atoms with van der Waals surface area (Å²) >= 11 is 0. The van der Waals surface area contributed by atoms with E-state index in [-0.39, 0.29) is 24.5 Å². The Balaban J connectivity index is 1.97. The molecule has 2 aromatic rings. The highest BCUT2D eigenvalue weighted by atomic mass is 31.2. The van der Waals surface area contributed by atoms with Crippen molar-refractivity contribution in [1.29, 1.82) is 0 Å². The normalized spacial score (nSPS) is 18.1. The molecule has 12 nitrogen and oxygen atoms in total. The molecule has 0 spiro atoms. The Morgan fingerprint density at radius 1 is 0.851 bits per heavy atom. The number of ether oxygens (including phenoxy) is 2. The molecule has 0 saturated carbocycles. The molecular formula is C34H48N3O9P. The molecule has 1 aliphatic rings. The average molecular weight is 674 g/mol. The van der Waals surface area contributed by atoms with Crippen LogP contribution in [0.1, 0.15) is 68.7 Å². The summed E-state index contributed by atoms with van der Waals surface area (Å²) in [5.74, 6) is -2.84. The Morgan fingerprint density at radius 2 is 1.36 bits per heavy atom. The van der Waals surface area contributed by atoms with Crippen molar-refractivity contribution < 1.29 is 42.3 Å². The van der Waals surface area contributed by atoms with Crippen LogP contribution in [0.4, 0.5) is 4.79 Å². The van der Waals surface area contributed by atoms with E-state index in [9.17, 15) is 23.7 Å². The Kier molecular flexibility index (Phi) is 12.1. The first-order valence-electron chi connectivity index (χ1n) is 15.7. The largest absolute Gasteiger partial charge is 0.461 e. The van der Waals surface area contributed by atoms with Crippen LogP contribution in [-0.2, 0) is 28.4 Å². The topological polar surface area (TPSA) is 150 Å². The van der Waals surface area contributed by atoms with Gasteiger partial charge in [-0.2, -0.15) is 0 Å². The van der Waals surface area contributed by atoms with E-state index >= 15 is 0 Å². The smallest absolute Gasteiger partial charge is 0.453 e. The molecule has 0 aromatic heterocycles. The minimum Gasteiger partial charge on any atom is -0.461 e. The molecule has 0 aliphatic carbocycles. The molecule has 3 amide bonds. The molecule has 2 aromatic carbocycles. The van der Waals surface area contributed by atoms with Crippen molar-refractivity contribution in [3.8, 4) is 11.5 Å². The van der Waals surface area contributed by atoms with Crippen LogP contribution in [-0.4, -0.2) is 64.9 Å². The summed E-state index contributed by atoms with van der Waals surface area (Å²) in [6, 6.07) is 14.7. The van der Waals surface area contributed by atoms with Gasteiger partial charge in [-0.1, -0.05) is 71.0 Å². The van der Waals surface area contributed by atoms with Crippen molar-refractivity contribution in [3.63, 3.8) is 0 Å². The fourth-order valence-electron chi connectivity index (χ4n) is 5.09. The first kappa shape index (κ1) is 37.4. The third kappa shape index (κ3) is 10.7. The van der Waals surface area contributed by atoms with Gasteiger partial charge in [0.25, 0.3) is 0 Å². The number of carbonyl (C=O) groups excluding carboxylic acids is 4. The number of likely N-dealkylation sites (tertiary alicyclic amines) is 1. The first-order valence-corrected chi connectivity index (χ1v) is 17.3. The predicted octanol–water partition coefficient (Wildman–Crippen LogP) is 5.91. The molecule has 1 heterocycles. The third-order valence-electron chi connectivity index (χ3n) is 7.17. The van der Waals surface area contributed by atoms with E-state index in [0.29, 0.717) is 0 Å². The van der Waals surface area contributed by atoms with Crippen LogP contribution < -0.4 is 19.7 Å². The number of benzene rings is 2. The standard InChI is InChI=1S/C34H48N3O9P/c1-22(2)30(47(42,45-24-16-12-10-13-17-24)46-25-18-14-11-15-19-25)36-29(39)27-20-26(43-23(3)38)21-37(27)31(40)28(33(4,5)6)35-32(41)44-34(7,8)9/h10-19,22,26-28,30H,20-21H2,1-9H3,(H,35,41)(H,36,39)/t26-,27+,28-,30?/m1/s1. The van der Waals surface area contributed by atoms with Gasteiger partial charge in [0.1, 0.15) is 35.3 Å². The van der Waals surface area contributed by atoms with E-state index in [2.05, 4.69) is 10.6 Å². The van der Waals surface area contributed by atoms with Crippen LogP contribution in [0, 0.1) is 11.3 Å². The molecule has 258 valence electrons. The van der Waals surface area contributed by atoms with E-state index in [4.69, 9.17) is 18.5 Å². The summed E-state index contributed by atoms with van der Waals surface area (Å²) in [7, 11) is -4.18. The van der Waals surface area contributed by atoms with Gasteiger partial charge in [-0.25, -0.2) is 9.36 Å². The molecule has 1 fully saturated rings. The summed E-state index contributed by atoms with van der Waals surface area (Å²) in [6.45, 7) is 15.1. The van der Waals surface area contributed by atoms with Gasteiger partial charge in [0.05, 0.1) is 6.54 Å². The number of amides is 3. The number of carbonyl (C=O) groups is 4. The molecule has 0 radical (unpaired) electrons. The van der Waals surface area contributed by atoms with Crippen molar-refractivity contribution in [2.24, 2.45) is 11.3 Å². The highest BCUT2D eigenvalue weighted by Gasteiger charge is 2.49. The molecule has 3 rings (SSSR count). The minimum absolute atomic E-state index is 0.0192. The SMILES string of the molecule is CC(=O)O[C@@H]1C[C@@H](C(=O)NC(C(C)C)P(=O)(Oc2ccccc2)Oc2ccccc2)N(C(=O)[C@@H](NC(=O)OC(C)(C)C)C(C)(C)C)C1. The maximum atomic E-state index is 14.7. The van der Waals surface area contributed by atoms with Crippen molar-refractivity contribution in [1.82, 2.24) is 15.5 Å². The lowest BCUT2D eigenvalue weighted by Gasteiger charge is -2.36. The van der Waals surface area contributed by atoms with Crippen molar-refractivity contribution in [2.75, 3.05) is 6.54 Å². The van der Waals surface area contributed by atoms with Crippen LogP contribution in [0.3, 0.4) is 0 Å². The lowest BCUT2D eigenvalue weighted by molar-refractivity contribution is -0.147. The lowest BCUT2D eigenvalue weighted by atomic mass is 9.85. The second kappa shape index (κ2) is 15.2. The molecular weight excluding hydrogens is 625 g/mol. The first-order chi connectivity index (χ1) is 21.8. The molecule has 13 heteroatoms. The zero-order valence-electron chi connectivity index (χ0n) is 28.6. The highest BCUT2D eigenvalue weighted by molar-refractivity contribution is 7.55. The van der Waals surface area contributed by atoms with Crippen LogP contribution >= 0.6 is 7.60 Å². The molecule has 0 bridgehead atoms. The average Bonchev–Trinajstić information content (AvgIpc) is 3.36. The van der Waals surface area contributed by atoms with Gasteiger partial charge in [-0.3, -0.25) is 14.4 Å². The van der Waals surface area contributed by atoms with Crippen molar-refractivity contribution in [3.05, 3.63) is 60.7 Å². The summed E-state index contributed by atoms with van der Waals surface area (Å²) in [5, 5.41) is 5.52. The number of hydrogen-bond acceptors (Lipinski definition) is 9. The Bertz CT molecular complexity index is 1390. The van der Waals surface area contributed by atoms with E-state index in [0.717, 1.165) is 0 Å². The number of nitrogens with one attached hydrogen (secondary N) is 2. The zero-order valence-corrected chi connectivity index (χ0v) is 29.5. The van der Waals surface area contributed by atoms with Gasteiger partial charge in [-0.15, -0.1) is 0 Å². The molecule has 1 aliphatic heterocycles. The van der Waals surface area contributed by atoms with Gasteiger partial charge < -0.3 is 34.1 Å². The third-order valence-corrected chi connectivity index (χ3v) is 9.51. The molecule has 1 saturated heterocycles. The van der Waals surface area contributed by atoms with Gasteiger partial charge in [0.15, 0.2) is 5.78 Å². The predicted molar refractivity (Wildman–Crippen MR) is 177 cm³/mol. The van der Waals surface area contributed by atoms with E-state index in [1.807, 2.05) is 0 Å². The second-order valence-corrected chi connectivity index (χ2v) is 16.0. The van der Waals surface area contributed by atoms with Crippen LogP contribution in [0.25, 0.3) is 0 Å². The number of para-hydroxylation sites is 2. The quantitative estimate of drug-likeness (QED) is 0.219. The second-order valence-electron chi connectivity index (χ2n) is 14.0. The summed E-state index contributed by atoms with van der Waals surface area (Å²) < 4.78 is 37.5. The zero-order chi connectivity index (χ0) is 35.2. The monoisotopic (exact) mass is 673 g/mol. The van der Waals surface area contributed by atoms with Crippen molar-refractivity contribution >= 4 is 31.5 Å². The van der Waals surface area contributed by atoms with Crippen molar-refractivity contribution in [2.45, 2.75) is 98.3 Å². The summed E-state index contributed by atoms with van der Waals surface area (Å²) in [4.78, 5) is 54.3. The Labute approximate surface area is 277 Å². The van der Waals surface area contributed by atoms with Gasteiger partial charge in [0, 0.05) is 13.3 Å². The van der Waals surface area contributed by atoms with E-state index < -0.39 is 72.4 Å². The fourth-order valence-corrected chi connectivity index (χ4v) is 7.20. The minimum atomic E-state index is -4.18. The van der Waals surface area contributed by atoms with Crippen LogP contribution in [0.5, 0.6) is 11.5 Å². The maximum Gasteiger partial charge on any atom is 0.453 e. The lowest BCUT2D eigenvalue weighted by Crippen LogP contribution is -2.59. The maximum absolute atomic E-state index is 14.7. The number of alkyl carbamates (subject to hydrolysis) is 1. The van der Waals surface area contributed by atoms with Crippen LogP contribution in [0.2, 0.25) is 0 Å². The number of nitrogens with zero attached hydrogens (tertiary/aromatic N) is 1. The molecule has 4 atom stereocenters. The summed E-state index contributed by atoms with van der Waals surface area (Å²) in [5.41, 5.74) is -1.60. The molecule has 1 unspecified atom stereocenters. The van der Waals surface area contributed by atoms with Crippen LogP contribution in [0.15, 0.2) is 60.7 Å². The van der Waals surface area contributed by atoms with E-state index in [1.54, 1.807) is 116 Å². The fraction of sp³-hybridized carbons (Fsp3) is 0.529. The molecule has 2 N–H and O–H groups in total. The number of rotatable bonds is 11. The van der Waals surface area contributed by atoms with Gasteiger partial charge in [0.2, 0.25) is 11.8 Å². The molecule has 47 heavy (non-hydrogen) atoms. The Morgan fingerprint density at radius 3 is 1.79 bits per heavy atom. The summed E-state index contributed by atoms with van der Waals surface area (Å²) in [6.07, 6.45) is -1.60. The Hall–Kier alpha value is -4.05. The van der Waals surface area contributed by atoms with E-state index in [1.165, 1.54) is 11.8 Å². The number of esters is 1. The highest BCUT2D eigenvalue weighted by Crippen LogP contribution is 2.54. The number of hydrogen-bond donors (Lipinski definition) is 2. The van der Waals surface area contributed by atoms with Gasteiger partial charge in [-0.05, 0) is 56.4 Å².